The van der Waals surface area contributed by atoms with E-state index in [1.54, 1.807) is 22.5 Å². The second kappa shape index (κ2) is 6.24. The summed E-state index contributed by atoms with van der Waals surface area (Å²) in [6.45, 7) is 7.04. The van der Waals surface area contributed by atoms with Gasteiger partial charge in [0.25, 0.3) is 0 Å². The van der Waals surface area contributed by atoms with Crippen molar-refractivity contribution in [2.45, 2.75) is 44.7 Å². The van der Waals surface area contributed by atoms with E-state index in [4.69, 9.17) is 17.3 Å². The first-order chi connectivity index (χ1) is 9.77. The van der Waals surface area contributed by atoms with Gasteiger partial charge < -0.3 is 5.73 Å². The number of halogens is 1. The molecule has 0 bridgehead atoms. The summed E-state index contributed by atoms with van der Waals surface area (Å²) in [4.78, 5) is 0.175. The molecule has 1 aliphatic heterocycles. The van der Waals surface area contributed by atoms with Gasteiger partial charge in [-0.1, -0.05) is 31.5 Å². The standard InChI is InChI=1S/C15H23ClN2O2S/c1-10-6-11(2)12(3)18(9-10)21(19,20)15-5-4-13(8-17)7-14(15)16/h4-5,7,10-12H,6,8-9,17H2,1-3H3. The highest BCUT2D eigenvalue weighted by Gasteiger charge is 2.37. The van der Waals surface area contributed by atoms with E-state index in [0.29, 0.717) is 24.9 Å². The Morgan fingerprint density at radius 1 is 1.33 bits per heavy atom. The molecule has 1 aromatic rings. The molecule has 1 saturated heterocycles. The van der Waals surface area contributed by atoms with E-state index in [0.717, 1.165) is 12.0 Å². The van der Waals surface area contributed by atoms with Crippen LogP contribution in [0.2, 0.25) is 5.02 Å². The largest absolute Gasteiger partial charge is 0.326 e. The fourth-order valence-electron chi connectivity index (χ4n) is 2.99. The molecule has 1 aliphatic rings. The quantitative estimate of drug-likeness (QED) is 0.926. The Bertz CT molecular complexity index is 618. The lowest BCUT2D eigenvalue weighted by Crippen LogP contribution is -2.48. The smallest absolute Gasteiger partial charge is 0.244 e. The minimum absolute atomic E-state index is 0.0172. The van der Waals surface area contributed by atoms with Gasteiger partial charge in [0.1, 0.15) is 4.90 Å². The lowest BCUT2D eigenvalue weighted by atomic mass is 9.88. The summed E-state index contributed by atoms with van der Waals surface area (Å²) in [7, 11) is -3.57. The van der Waals surface area contributed by atoms with Gasteiger partial charge in [-0.2, -0.15) is 4.31 Å². The highest BCUT2D eigenvalue weighted by Crippen LogP contribution is 2.34. The lowest BCUT2D eigenvalue weighted by Gasteiger charge is -2.40. The van der Waals surface area contributed by atoms with E-state index < -0.39 is 10.0 Å². The van der Waals surface area contributed by atoms with Gasteiger partial charge in [0.15, 0.2) is 0 Å². The summed E-state index contributed by atoms with van der Waals surface area (Å²) < 4.78 is 27.4. The van der Waals surface area contributed by atoms with E-state index in [-0.39, 0.29) is 16.0 Å². The van der Waals surface area contributed by atoms with Crippen LogP contribution < -0.4 is 5.73 Å². The number of sulfonamides is 1. The van der Waals surface area contributed by atoms with Gasteiger partial charge in [-0.25, -0.2) is 8.42 Å². The van der Waals surface area contributed by atoms with E-state index in [1.165, 1.54) is 0 Å². The minimum atomic E-state index is -3.57. The lowest BCUT2D eigenvalue weighted by molar-refractivity contribution is 0.157. The number of nitrogens with zero attached hydrogens (tertiary/aromatic N) is 1. The normalized spacial score (nSPS) is 27.8. The third kappa shape index (κ3) is 3.26. The van der Waals surface area contributed by atoms with Crippen molar-refractivity contribution in [3.05, 3.63) is 28.8 Å². The highest BCUT2D eigenvalue weighted by molar-refractivity contribution is 7.89. The SMILES string of the molecule is CC1CC(C)C(C)N(S(=O)(=O)c2ccc(CN)cc2Cl)C1. The van der Waals surface area contributed by atoms with Gasteiger partial charge in [-0.15, -0.1) is 0 Å². The Kier molecular flexibility index (Phi) is 4.98. The molecular weight excluding hydrogens is 308 g/mol. The Morgan fingerprint density at radius 3 is 2.57 bits per heavy atom. The first kappa shape index (κ1) is 16.7. The van der Waals surface area contributed by atoms with Gasteiger partial charge in [-0.3, -0.25) is 0 Å². The minimum Gasteiger partial charge on any atom is -0.326 e. The van der Waals surface area contributed by atoms with Crippen LogP contribution in [0, 0.1) is 11.8 Å². The molecular formula is C15H23ClN2O2S. The molecule has 6 heteroatoms. The average molecular weight is 331 g/mol. The fraction of sp³-hybridized carbons (Fsp3) is 0.600. The summed E-state index contributed by atoms with van der Waals surface area (Å²) in [5, 5.41) is 0.246. The predicted octanol–water partition coefficient (Wildman–Crippen LogP) is 2.85. The summed E-state index contributed by atoms with van der Waals surface area (Å²) in [6, 6.07) is 4.91. The maximum atomic E-state index is 12.9. The second-order valence-corrected chi connectivity index (χ2v) is 8.37. The van der Waals surface area contributed by atoms with Crippen molar-refractivity contribution < 1.29 is 8.42 Å². The maximum Gasteiger partial charge on any atom is 0.244 e. The number of piperidine rings is 1. The van der Waals surface area contributed by atoms with E-state index in [2.05, 4.69) is 13.8 Å². The molecule has 3 atom stereocenters. The summed E-state index contributed by atoms with van der Waals surface area (Å²) in [6.07, 6.45) is 1.05. The molecule has 0 spiro atoms. The number of hydrogen-bond donors (Lipinski definition) is 1. The van der Waals surface area contributed by atoms with Gasteiger partial charge in [0.05, 0.1) is 5.02 Å². The number of benzene rings is 1. The second-order valence-electron chi connectivity index (χ2n) is 6.10. The first-order valence-corrected chi connectivity index (χ1v) is 9.09. The molecule has 2 N–H and O–H groups in total. The molecule has 2 rings (SSSR count). The maximum absolute atomic E-state index is 12.9. The van der Waals surface area contributed by atoms with Crippen molar-refractivity contribution in [2.75, 3.05) is 6.54 Å². The molecule has 4 nitrogen and oxygen atoms in total. The highest BCUT2D eigenvalue weighted by atomic mass is 35.5. The van der Waals surface area contributed by atoms with E-state index in [1.807, 2.05) is 6.92 Å². The Hall–Kier alpha value is -0.620. The number of hydrogen-bond acceptors (Lipinski definition) is 3. The molecule has 3 unspecified atom stereocenters. The topological polar surface area (TPSA) is 63.4 Å². The van der Waals surface area contributed by atoms with Crippen LogP contribution in [-0.4, -0.2) is 25.3 Å². The third-order valence-electron chi connectivity index (χ3n) is 4.36. The summed E-state index contributed by atoms with van der Waals surface area (Å²) in [5.41, 5.74) is 6.39. The molecule has 0 amide bonds. The summed E-state index contributed by atoms with van der Waals surface area (Å²) >= 11 is 6.17. The average Bonchev–Trinajstić information content (AvgIpc) is 2.42. The van der Waals surface area contributed by atoms with Crippen molar-refractivity contribution in [1.29, 1.82) is 0 Å². The van der Waals surface area contributed by atoms with Crippen LogP contribution >= 0.6 is 11.6 Å². The van der Waals surface area contributed by atoms with Crippen LogP contribution in [0.4, 0.5) is 0 Å². The zero-order valence-corrected chi connectivity index (χ0v) is 14.3. The molecule has 0 aliphatic carbocycles. The molecule has 1 aromatic carbocycles. The van der Waals surface area contributed by atoms with Crippen molar-refractivity contribution in [1.82, 2.24) is 4.31 Å². The van der Waals surface area contributed by atoms with Gasteiger partial charge in [-0.05, 0) is 42.9 Å². The van der Waals surface area contributed by atoms with Crippen LogP contribution in [0.1, 0.15) is 32.8 Å². The molecule has 1 heterocycles. The molecule has 0 saturated carbocycles. The van der Waals surface area contributed by atoms with Crippen molar-refractivity contribution in [2.24, 2.45) is 17.6 Å². The van der Waals surface area contributed by atoms with Crippen molar-refractivity contribution in [3.8, 4) is 0 Å². The third-order valence-corrected chi connectivity index (χ3v) is 6.80. The zero-order valence-electron chi connectivity index (χ0n) is 12.7. The van der Waals surface area contributed by atoms with Crippen LogP contribution in [0.3, 0.4) is 0 Å². The van der Waals surface area contributed by atoms with Crippen LogP contribution in [0.15, 0.2) is 23.1 Å². The Balaban J connectivity index is 2.41. The Morgan fingerprint density at radius 2 is 2.00 bits per heavy atom. The van der Waals surface area contributed by atoms with E-state index in [9.17, 15) is 8.42 Å². The predicted molar refractivity (Wildman–Crippen MR) is 85.6 cm³/mol. The fourth-order valence-corrected chi connectivity index (χ4v) is 5.38. The monoisotopic (exact) mass is 330 g/mol. The molecule has 21 heavy (non-hydrogen) atoms. The van der Waals surface area contributed by atoms with Crippen molar-refractivity contribution in [3.63, 3.8) is 0 Å². The first-order valence-electron chi connectivity index (χ1n) is 7.27. The molecule has 1 fully saturated rings. The molecule has 0 radical (unpaired) electrons. The summed E-state index contributed by atoms with van der Waals surface area (Å²) in [5.74, 6) is 0.693. The number of nitrogens with two attached hydrogens (primary N) is 1. The molecule has 118 valence electrons. The van der Waals surface area contributed by atoms with Gasteiger partial charge in [0.2, 0.25) is 10.0 Å². The van der Waals surface area contributed by atoms with Gasteiger partial charge in [0, 0.05) is 19.1 Å². The zero-order chi connectivity index (χ0) is 15.8. The molecule has 0 aromatic heterocycles. The van der Waals surface area contributed by atoms with Crippen LogP contribution in [-0.2, 0) is 16.6 Å². The van der Waals surface area contributed by atoms with Crippen molar-refractivity contribution >= 4 is 21.6 Å². The van der Waals surface area contributed by atoms with Crippen LogP contribution in [0.25, 0.3) is 0 Å². The van der Waals surface area contributed by atoms with Gasteiger partial charge >= 0.3 is 0 Å². The Labute approximate surface area is 132 Å². The number of rotatable bonds is 3. The van der Waals surface area contributed by atoms with Crippen LogP contribution in [0.5, 0.6) is 0 Å². The van der Waals surface area contributed by atoms with E-state index >= 15 is 0 Å².